The van der Waals surface area contributed by atoms with Gasteiger partial charge >= 0.3 is 0 Å². The van der Waals surface area contributed by atoms with Gasteiger partial charge in [0.05, 0.1) is 5.71 Å². The molecule has 0 aromatic heterocycles. The van der Waals surface area contributed by atoms with E-state index >= 15 is 0 Å². The van der Waals surface area contributed by atoms with Crippen molar-refractivity contribution in [2.45, 2.75) is 39.2 Å². The average molecular weight is 318 g/mol. The number of amides is 1. The van der Waals surface area contributed by atoms with Crippen LogP contribution in [0.15, 0.2) is 29.4 Å². The first-order valence-corrected chi connectivity index (χ1v) is 8.18. The van der Waals surface area contributed by atoms with E-state index in [4.69, 9.17) is 4.84 Å². The summed E-state index contributed by atoms with van der Waals surface area (Å²) in [6, 6.07) is 6.12. The second-order valence-electron chi connectivity index (χ2n) is 7.20. The van der Waals surface area contributed by atoms with E-state index in [2.05, 4.69) is 19.0 Å². The molecule has 0 spiro atoms. The van der Waals surface area contributed by atoms with E-state index in [1.165, 1.54) is 12.1 Å². The zero-order chi connectivity index (χ0) is 16.6. The molecule has 5 heteroatoms. The molecule has 1 amide bonds. The number of halogens is 1. The van der Waals surface area contributed by atoms with Crippen molar-refractivity contribution in [3.05, 3.63) is 35.6 Å². The maximum absolute atomic E-state index is 13.0. The molecule has 2 aliphatic heterocycles. The van der Waals surface area contributed by atoms with Crippen molar-refractivity contribution in [2.24, 2.45) is 17.0 Å². The normalized spacial score (nSPS) is 30.8. The van der Waals surface area contributed by atoms with Crippen molar-refractivity contribution in [3.8, 4) is 0 Å². The van der Waals surface area contributed by atoms with E-state index in [0.717, 1.165) is 25.1 Å². The Morgan fingerprint density at radius 1 is 1.26 bits per heavy atom. The van der Waals surface area contributed by atoms with Gasteiger partial charge in [0.2, 0.25) is 5.60 Å². The molecule has 2 aliphatic rings. The summed E-state index contributed by atoms with van der Waals surface area (Å²) >= 11 is 0. The average Bonchev–Trinajstić information content (AvgIpc) is 2.90. The molecule has 124 valence electrons. The number of oxime groups is 1. The quantitative estimate of drug-likeness (QED) is 0.840. The molecule has 0 N–H and O–H groups in total. The summed E-state index contributed by atoms with van der Waals surface area (Å²) in [6.45, 7) is 7.68. The third-order valence-electron chi connectivity index (χ3n) is 4.65. The van der Waals surface area contributed by atoms with Gasteiger partial charge < -0.3 is 9.74 Å². The Labute approximate surface area is 136 Å². The van der Waals surface area contributed by atoms with Gasteiger partial charge in [0, 0.05) is 19.5 Å². The number of hydrogen-bond donors (Lipinski definition) is 0. The van der Waals surface area contributed by atoms with Gasteiger partial charge in [-0.2, -0.15) is 0 Å². The molecule has 0 unspecified atom stereocenters. The Balaban J connectivity index is 1.71. The zero-order valence-electron chi connectivity index (χ0n) is 13.9. The van der Waals surface area contributed by atoms with E-state index in [9.17, 15) is 9.18 Å². The lowest BCUT2D eigenvalue weighted by molar-refractivity contribution is -0.156. The van der Waals surface area contributed by atoms with Crippen LogP contribution < -0.4 is 0 Å². The van der Waals surface area contributed by atoms with Gasteiger partial charge in [0.25, 0.3) is 5.91 Å². The topological polar surface area (TPSA) is 41.9 Å². The summed E-state index contributed by atoms with van der Waals surface area (Å²) in [6.07, 6.45) is 1.56. The SMILES string of the molecule is C[C@@H]1C[C@@H](C)CN(C(=O)[C@@]2(C)CC(c3ccc(F)cc3)=NO2)C1. The zero-order valence-corrected chi connectivity index (χ0v) is 13.9. The van der Waals surface area contributed by atoms with Crippen molar-refractivity contribution >= 4 is 11.6 Å². The molecule has 1 aromatic rings. The molecule has 2 heterocycles. The van der Waals surface area contributed by atoms with E-state index in [1.807, 2.05) is 4.90 Å². The van der Waals surface area contributed by atoms with Gasteiger partial charge in [0.15, 0.2) is 0 Å². The molecule has 23 heavy (non-hydrogen) atoms. The first kappa shape index (κ1) is 16.0. The summed E-state index contributed by atoms with van der Waals surface area (Å²) < 4.78 is 13.0. The van der Waals surface area contributed by atoms with E-state index < -0.39 is 5.60 Å². The molecule has 0 bridgehead atoms. The molecule has 3 rings (SSSR count). The van der Waals surface area contributed by atoms with Gasteiger partial charge in [0.1, 0.15) is 5.82 Å². The summed E-state index contributed by atoms with van der Waals surface area (Å²) in [7, 11) is 0. The minimum atomic E-state index is -0.958. The number of hydrogen-bond acceptors (Lipinski definition) is 3. The fourth-order valence-corrected chi connectivity index (χ4v) is 3.61. The molecular formula is C18H23FN2O2. The number of rotatable bonds is 2. The van der Waals surface area contributed by atoms with E-state index in [1.54, 1.807) is 19.1 Å². The van der Waals surface area contributed by atoms with Crippen molar-refractivity contribution in [1.29, 1.82) is 0 Å². The lowest BCUT2D eigenvalue weighted by atomic mass is 9.89. The third kappa shape index (κ3) is 3.23. The third-order valence-corrected chi connectivity index (χ3v) is 4.65. The number of benzene rings is 1. The molecule has 1 fully saturated rings. The van der Waals surface area contributed by atoms with Crippen LogP contribution in [0.25, 0.3) is 0 Å². The number of likely N-dealkylation sites (tertiary alicyclic amines) is 1. The molecule has 0 saturated carbocycles. The van der Waals surface area contributed by atoms with E-state index in [0.29, 0.717) is 24.0 Å². The Morgan fingerprint density at radius 3 is 2.48 bits per heavy atom. The Bertz CT molecular complexity index is 618. The highest BCUT2D eigenvalue weighted by molar-refractivity contribution is 6.05. The maximum Gasteiger partial charge on any atom is 0.269 e. The lowest BCUT2D eigenvalue weighted by Gasteiger charge is -2.38. The van der Waals surface area contributed by atoms with Gasteiger partial charge in [-0.1, -0.05) is 31.1 Å². The highest BCUT2D eigenvalue weighted by Crippen LogP contribution is 2.31. The number of carbonyl (C=O) groups excluding carboxylic acids is 1. The van der Waals surface area contributed by atoms with Crippen LogP contribution in [0.1, 0.15) is 39.2 Å². The first-order chi connectivity index (χ1) is 10.9. The van der Waals surface area contributed by atoms with Crippen LogP contribution in [0.5, 0.6) is 0 Å². The molecule has 1 aromatic carbocycles. The van der Waals surface area contributed by atoms with E-state index in [-0.39, 0.29) is 11.7 Å². The highest BCUT2D eigenvalue weighted by atomic mass is 19.1. The van der Waals surface area contributed by atoms with Crippen LogP contribution in [-0.2, 0) is 9.63 Å². The largest absolute Gasteiger partial charge is 0.379 e. The number of piperidine rings is 1. The molecule has 4 nitrogen and oxygen atoms in total. The van der Waals surface area contributed by atoms with Crippen molar-refractivity contribution in [1.82, 2.24) is 4.90 Å². The van der Waals surface area contributed by atoms with Gasteiger partial charge in [-0.3, -0.25) is 4.79 Å². The van der Waals surface area contributed by atoms with Crippen LogP contribution in [-0.4, -0.2) is 35.2 Å². The Hall–Kier alpha value is -1.91. The van der Waals surface area contributed by atoms with Crippen LogP contribution in [0.2, 0.25) is 0 Å². The minimum absolute atomic E-state index is 0.00300. The molecule has 1 saturated heterocycles. The minimum Gasteiger partial charge on any atom is -0.379 e. The summed E-state index contributed by atoms with van der Waals surface area (Å²) in [5.74, 6) is 0.718. The molecule has 0 radical (unpaired) electrons. The van der Waals surface area contributed by atoms with Crippen LogP contribution in [0.4, 0.5) is 4.39 Å². The first-order valence-electron chi connectivity index (χ1n) is 8.18. The maximum atomic E-state index is 13.0. The van der Waals surface area contributed by atoms with Crippen molar-refractivity contribution in [2.75, 3.05) is 13.1 Å². The Kier molecular flexibility index (Phi) is 4.13. The lowest BCUT2D eigenvalue weighted by Crippen LogP contribution is -2.52. The summed E-state index contributed by atoms with van der Waals surface area (Å²) in [4.78, 5) is 20.3. The summed E-state index contributed by atoms with van der Waals surface area (Å²) in [5.41, 5.74) is 0.530. The monoisotopic (exact) mass is 318 g/mol. The fraction of sp³-hybridized carbons (Fsp3) is 0.556. The second-order valence-corrected chi connectivity index (χ2v) is 7.20. The molecule has 0 aliphatic carbocycles. The predicted octanol–water partition coefficient (Wildman–Crippen LogP) is 3.21. The fourth-order valence-electron chi connectivity index (χ4n) is 3.61. The smallest absolute Gasteiger partial charge is 0.269 e. The van der Waals surface area contributed by atoms with Crippen LogP contribution in [0, 0.1) is 17.7 Å². The summed E-state index contributed by atoms with van der Waals surface area (Å²) in [5, 5.41) is 4.09. The van der Waals surface area contributed by atoms with Gasteiger partial charge in [-0.05, 0) is 42.9 Å². The van der Waals surface area contributed by atoms with Crippen molar-refractivity contribution in [3.63, 3.8) is 0 Å². The predicted molar refractivity (Wildman–Crippen MR) is 86.6 cm³/mol. The van der Waals surface area contributed by atoms with Crippen LogP contribution >= 0.6 is 0 Å². The number of nitrogens with zero attached hydrogens (tertiary/aromatic N) is 2. The molecule has 3 atom stereocenters. The molecular weight excluding hydrogens is 295 g/mol. The van der Waals surface area contributed by atoms with Gasteiger partial charge in [-0.25, -0.2) is 4.39 Å². The van der Waals surface area contributed by atoms with Crippen molar-refractivity contribution < 1.29 is 14.0 Å². The number of carbonyl (C=O) groups is 1. The second kappa shape index (κ2) is 5.95. The standard InChI is InChI=1S/C18H23FN2O2/c1-12-8-13(2)11-21(10-12)17(22)18(3)9-16(20-23-18)14-4-6-15(19)7-5-14/h4-7,12-13H,8-11H2,1-3H3/t12-,13-,18-/m1/s1. The van der Waals surface area contributed by atoms with Gasteiger partial charge in [-0.15, -0.1) is 0 Å². The highest BCUT2D eigenvalue weighted by Gasteiger charge is 2.45. The Morgan fingerprint density at radius 2 is 1.87 bits per heavy atom. The van der Waals surface area contributed by atoms with Crippen LogP contribution in [0.3, 0.4) is 0 Å².